The van der Waals surface area contributed by atoms with Crippen LogP contribution in [0.5, 0.6) is 0 Å². The third-order valence-corrected chi connectivity index (χ3v) is 6.51. The lowest BCUT2D eigenvalue weighted by Crippen LogP contribution is -2.48. The summed E-state index contributed by atoms with van der Waals surface area (Å²) in [6.07, 6.45) is 4.07. The van der Waals surface area contributed by atoms with E-state index in [9.17, 15) is 13.2 Å². The molecule has 1 atom stereocenters. The highest BCUT2D eigenvalue weighted by Crippen LogP contribution is 2.22. The number of hydrogen-bond donors (Lipinski definition) is 1. The summed E-state index contributed by atoms with van der Waals surface area (Å²) < 4.78 is 23.2. The number of carbonyl (C=O) groups is 1. The highest BCUT2D eigenvalue weighted by Gasteiger charge is 2.34. The number of piperidine rings is 1. The van der Waals surface area contributed by atoms with Gasteiger partial charge in [-0.05, 0) is 38.3 Å². The largest absolute Gasteiger partial charge is 0.349 e. The molecule has 3 rings (SSSR count). The lowest BCUT2D eigenvalue weighted by atomic mass is 10.0. The number of rotatable bonds is 3. The van der Waals surface area contributed by atoms with E-state index in [0.717, 1.165) is 38.0 Å². The molecule has 6 nitrogen and oxygen atoms in total. The maximum Gasteiger partial charge on any atom is 0.253 e. The van der Waals surface area contributed by atoms with Crippen molar-refractivity contribution in [3.63, 3.8) is 0 Å². The first kappa shape index (κ1) is 16.4. The number of aromatic nitrogens is 1. The molecule has 0 spiro atoms. The molecule has 3 heterocycles. The Kier molecular flexibility index (Phi) is 4.68. The molecular weight excluding hydrogens is 314 g/mol. The molecule has 2 saturated heterocycles. The summed E-state index contributed by atoms with van der Waals surface area (Å²) in [6, 6.07) is 3.94. The Hall–Kier alpha value is -1.47. The zero-order valence-electron chi connectivity index (χ0n) is 13.4. The molecule has 7 heteroatoms. The van der Waals surface area contributed by atoms with E-state index in [1.54, 1.807) is 12.3 Å². The summed E-state index contributed by atoms with van der Waals surface area (Å²) in [4.78, 5) is 18.6. The molecule has 0 unspecified atom stereocenters. The van der Waals surface area contributed by atoms with E-state index in [1.165, 1.54) is 0 Å². The van der Waals surface area contributed by atoms with E-state index in [2.05, 4.69) is 15.2 Å². The number of amides is 1. The molecule has 1 N–H and O–H groups in total. The SMILES string of the molecule is Cc1ccc(C(=O)NC2CCN([C@@H]3CCS(=O)(=O)C3)CC2)cn1. The van der Waals surface area contributed by atoms with Crippen molar-refractivity contribution in [3.05, 3.63) is 29.6 Å². The molecule has 1 amide bonds. The van der Waals surface area contributed by atoms with Crippen LogP contribution in [0.25, 0.3) is 0 Å². The van der Waals surface area contributed by atoms with Crippen LogP contribution in [-0.4, -0.2) is 60.9 Å². The van der Waals surface area contributed by atoms with Crippen LogP contribution in [0.15, 0.2) is 18.3 Å². The number of pyridine rings is 1. The van der Waals surface area contributed by atoms with Gasteiger partial charge in [0.1, 0.15) is 0 Å². The number of likely N-dealkylation sites (tertiary alicyclic amines) is 1. The summed E-state index contributed by atoms with van der Waals surface area (Å²) in [6.45, 7) is 3.58. The number of nitrogens with one attached hydrogen (secondary N) is 1. The summed E-state index contributed by atoms with van der Waals surface area (Å²) in [5, 5.41) is 3.06. The molecule has 0 saturated carbocycles. The number of nitrogens with zero attached hydrogens (tertiary/aromatic N) is 2. The molecule has 0 bridgehead atoms. The van der Waals surface area contributed by atoms with Crippen molar-refractivity contribution in [1.82, 2.24) is 15.2 Å². The van der Waals surface area contributed by atoms with Gasteiger partial charge in [0.15, 0.2) is 9.84 Å². The van der Waals surface area contributed by atoms with Crippen LogP contribution in [0.4, 0.5) is 0 Å². The Balaban J connectivity index is 1.49. The summed E-state index contributed by atoms with van der Waals surface area (Å²) in [5.41, 5.74) is 1.47. The highest BCUT2D eigenvalue weighted by atomic mass is 32.2. The van der Waals surface area contributed by atoms with Crippen molar-refractivity contribution in [2.24, 2.45) is 0 Å². The van der Waals surface area contributed by atoms with Gasteiger partial charge in [-0.25, -0.2) is 8.42 Å². The zero-order valence-corrected chi connectivity index (χ0v) is 14.2. The summed E-state index contributed by atoms with van der Waals surface area (Å²) in [7, 11) is -2.84. The Morgan fingerprint density at radius 2 is 2.00 bits per heavy atom. The average molecular weight is 337 g/mol. The molecular formula is C16H23N3O3S. The van der Waals surface area contributed by atoms with Crippen LogP contribution in [0.3, 0.4) is 0 Å². The van der Waals surface area contributed by atoms with E-state index in [1.807, 2.05) is 13.0 Å². The minimum absolute atomic E-state index is 0.0839. The van der Waals surface area contributed by atoms with Crippen molar-refractivity contribution in [1.29, 1.82) is 0 Å². The third kappa shape index (κ3) is 4.09. The van der Waals surface area contributed by atoms with Gasteiger partial charge in [0.2, 0.25) is 0 Å². The first-order valence-corrected chi connectivity index (χ1v) is 9.93. The number of sulfone groups is 1. The maximum atomic E-state index is 12.2. The molecule has 1 aromatic rings. The van der Waals surface area contributed by atoms with Gasteiger partial charge in [0.05, 0.1) is 17.1 Å². The normalized spacial score (nSPS) is 25.3. The minimum atomic E-state index is -2.84. The minimum Gasteiger partial charge on any atom is -0.349 e. The van der Waals surface area contributed by atoms with Crippen LogP contribution >= 0.6 is 0 Å². The van der Waals surface area contributed by atoms with Gasteiger partial charge in [-0.1, -0.05) is 0 Å². The molecule has 0 radical (unpaired) electrons. The van der Waals surface area contributed by atoms with Crippen LogP contribution in [0.1, 0.15) is 35.3 Å². The van der Waals surface area contributed by atoms with Crippen molar-refractivity contribution in [2.45, 2.75) is 38.3 Å². The van der Waals surface area contributed by atoms with Gasteiger partial charge in [-0.2, -0.15) is 0 Å². The fraction of sp³-hybridized carbons (Fsp3) is 0.625. The molecule has 2 fully saturated rings. The Morgan fingerprint density at radius 1 is 1.26 bits per heavy atom. The van der Waals surface area contributed by atoms with E-state index < -0.39 is 9.84 Å². The standard InChI is InChI=1S/C16H23N3O3S/c1-12-2-3-13(10-17-12)16(20)18-14-4-7-19(8-5-14)15-6-9-23(21,22)11-15/h2-3,10,14-15H,4-9,11H2,1H3,(H,18,20)/t15-/m1/s1. The van der Waals surface area contributed by atoms with Gasteiger partial charge in [0, 0.05) is 37.1 Å². The average Bonchev–Trinajstić information content (AvgIpc) is 2.89. The molecule has 23 heavy (non-hydrogen) atoms. The fourth-order valence-corrected chi connectivity index (χ4v) is 5.10. The first-order chi connectivity index (χ1) is 10.9. The smallest absolute Gasteiger partial charge is 0.253 e. The van der Waals surface area contributed by atoms with E-state index in [0.29, 0.717) is 17.1 Å². The summed E-state index contributed by atoms with van der Waals surface area (Å²) >= 11 is 0. The van der Waals surface area contributed by atoms with E-state index >= 15 is 0 Å². The fourth-order valence-electron chi connectivity index (χ4n) is 3.34. The predicted octanol–water partition coefficient (Wildman–Crippen LogP) is 0.771. The molecule has 126 valence electrons. The van der Waals surface area contributed by atoms with Crippen molar-refractivity contribution in [3.8, 4) is 0 Å². The second-order valence-electron chi connectivity index (χ2n) is 6.53. The Bertz CT molecular complexity index is 664. The lowest BCUT2D eigenvalue weighted by Gasteiger charge is -2.35. The summed E-state index contributed by atoms with van der Waals surface area (Å²) in [5.74, 6) is 0.521. The monoisotopic (exact) mass is 337 g/mol. The highest BCUT2D eigenvalue weighted by molar-refractivity contribution is 7.91. The number of carbonyl (C=O) groups excluding carboxylic acids is 1. The number of hydrogen-bond acceptors (Lipinski definition) is 5. The van der Waals surface area contributed by atoms with Crippen LogP contribution < -0.4 is 5.32 Å². The maximum absolute atomic E-state index is 12.2. The van der Waals surface area contributed by atoms with Gasteiger partial charge in [-0.3, -0.25) is 14.7 Å². The second-order valence-corrected chi connectivity index (χ2v) is 8.76. The molecule has 0 aliphatic carbocycles. The molecule has 0 aromatic carbocycles. The van der Waals surface area contributed by atoms with Crippen LogP contribution in [0, 0.1) is 6.92 Å². The van der Waals surface area contributed by atoms with Gasteiger partial charge >= 0.3 is 0 Å². The third-order valence-electron chi connectivity index (χ3n) is 4.76. The Labute approximate surface area is 137 Å². The van der Waals surface area contributed by atoms with Crippen molar-refractivity contribution >= 4 is 15.7 Å². The predicted molar refractivity (Wildman–Crippen MR) is 88.1 cm³/mol. The van der Waals surface area contributed by atoms with Gasteiger partial charge < -0.3 is 5.32 Å². The van der Waals surface area contributed by atoms with Gasteiger partial charge in [-0.15, -0.1) is 0 Å². The van der Waals surface area contributed by atoms with Crippen LogP contribution in [-0.2, 0) is 9.84 Å². The van der Waals surface area contributed by atoms with E-state index in [-0.39, 0.29) is 18.0 Å². The zero-order chi connectivity index (χ0) is 16.4. The van der Waals surface area contributed by atoms with E-state index in [4.69, 9.17) is 0 Å². The van der Waals surface area contributed by atoms with Gasteiger partial charge in [0.25, 0.3) is 5.91 Å². The van der Waals surface area contributed by atoms with Crippen molar-refractivity contribution in [2.75, 3.05) is 24.6 Å². The van der Waals surface area contributed by atoms with Crippen molar-refractivity contribution < 1.29 is 13.2 Å². The first-order valence-electron chi connectivity index (χ1n) is 8.11. The Morgan fingerprint density at radius 3 is 2.57 bits per heavy atom. The number of aryl methyl sites for hydroxylation is 1. The molecule has 2 aliphatic rings. The second kappa shape index (κ2) is 6.57. The molecule has 2 aliphatic heterocycles. The lowest BCUT2D eigenvalue weighted by molar-refractivity contribution is 0.0897. The van der Waals surface area contributed by atoms with Crippen LogP contribution in [0.2, 0.25) is 0 Å². The quantitative estimate of drug-likeness (QED) is 0.881. The topological polar surface area (TPSA) is 79.4 Å². The molecule has 1 aromatic heterocycles.